The number of nitrogens with two attached hydrogens (primary N) is 1. The van der Waals surface area contributed by atoms with Crippen molar-refractivity contribution in [2.24, 2.45) is 0 Å². The molecule has 1 aromatic heterocycles. The second-order valence-electron chi connectivity index (χ2n) is 4.96. The van der Waals surface area contributed by atoms with Gasteiger partial charge in [-0.25, -0.2) is 4.98 Å². The van der Waals surface area contributed by atoms with Crippen molar-refractivity contribution in [2.75, 3.05) is 37.8 Å². The fraction of sp³-hybridized carbons (Fsp3) is 0.538. The monoisotopic (exact) mass is 245 g/mol. The molecule has 0 saturated carbocycles. The first kappa shape index (κ1) is 12.7. The zero-order valence-electron chi connectivity index (χ0n) is 10.9. The maximum atomic E-state index is 9.01. The highest BCUT2D eigenvalue weighted by Gasteiger charge is 2.27. The first-order valence-electron chi connectivity index (χ1n) is 6.19. The Bertz CT molecular complexity index is 463. The lowest BCUT2D eigenvalue weighted by Gasteiger charge is -2.29. The molecule has 1 aromatic rings. The average Bonchev–Trinajstić information content (AvgIpc) is 2.76. The number of anilines is 2. The van der Waals surface area contributed by atoms with Crippen LogP contribution in [0.1, 0.15) is 18.4 Å². The van der Waals surface area contributed by atoms with Crippen LogP contribution >= 0.6 is 0 Å². The zero-order chi connectivity index (χ0) is 13.1. The van der Waals surface area contributed by atoms with Crippen molar-refractivity contribution < 1.29 is 0 Å². The first-order valence-corrected chi connectivity index (χ1v) is 6.19. The van der Waals surface area contributed by atoms with Gasteiger partial charge in [-0.05, 0) is 33.0 Å². The van der Waals surface area contributed by atoms with Crippen LogP contribution in [0.2, 0.25) is 0 Å². The van der Waals surface area contributed by atoms with Crippen LogP contribution in [0, 0.1) is 11.3 Å². The summed E-state index contributed by atoms with van der Waals surface area (Å²) in [6.45, 7) is 1.95. The van der Waals surface area contributed by atoms with Gasteiger partial charge in [-0.15, -0.1) is 0 Å². The van der Waals surface area contributed by atoms with Crippen molar-refractivity contribution in [3.05, 3.63) is 17.8 Å². The molecule has 1 aliphatic rings. The molecule has 0 aromatic carbocycles. The molecule has 18 heavy (non-hydrogen) atoms. The van der Waals surface area contributed by atoms with E-state index < -0.39 is 0 Å². The van der Waals surface area contributed by atoms with Crippen molar-refractivity contribution in [3.63, 3.8) is 0 Å². The van der Waals surface area contributed by atoms with E-state index in [9.17, 15) is 0 Å². The third-order valence-corrected chi connectivity index (χ3v) is 3.31. The van der Waals surface area contributed by atoms with E-state index in [0.29, 0.717) is 17.3 Å². The highest BCUT2D eigenvalue weighted by atomic mass is 15.3. The van der Waals surface area contributed by atoms with Crippen molar-refractivity contribution in [1.82, 2.24) is 9.88 Å². The molecule has 0 aliphatic carbocycles. The van der Waals surface area contributed by atoms with Crippen LogP contribution in [0.15, 0.2) is 12.3 Å². The van der Waals surface area contributed by atoms with Crippen molar-refractivity contribution >= 4 is 11.5 Å². The van der Waals surface area contributed by atoms with E-state index in [1.54, 1.807) is 12.3 Å². The molecule has 1 saturated heterocycles. The van der Waals surface area contributed by atoms with Gasteiger partial charge < -0.3 is 15.5 Å². The van der Waals surface area contributed by atoms with Gasteiger partial charge in [-0.1, -0.05) is 0 Å². The summed E-state index contributed by atoms with van der Waals surface area (Å²) >= 11 is 0. The number of rotatable bonds is 3. The van der Waals surface area contributed by atoms with Crippen LogP contribution in [-0.2, 0) is 0 Å². The van der Waals surface area contributed by atoms with E-state index in [1.807, 2.05) is 0 Å². The summed E-state index contributed by atoms with van der Waals surface area (Å²) in [6, 6.07) is 4.21. The normalized spacial score (nSPS) is 19.2. The summed E-state index contributed by atoms with van der Waals surface area (Å²) in [5.74, 6) is 0.762. The van der Waals surface area contributed by atoms with Crippen molar-refractivity contribution in [1.29, 1.82) is 5.26 Å². The summed E-state index contributed by atoms with van der Waals surface area (Å²) in [7, 11) is 4.14. The highest BCUT2D eigenvalue weighted by Crippen LogP contribution is 2.30. The fourth-order valence-corrected chi connectivity index (χ4v) is 2.51. The predicted octanol–water partition coefficient (Wildman–Crippen LogP) is 1.07. The van der Waals surface area contributed by atoms with Gasteiger partial charge in [0.25, 0.3) is 0 Å². The highest BCUT2D eigenvalue weighted by molar-refractivity contribution is 5.70. The van der Waals surface area contributed by atoms with Gasteiger partial charge in [0, 0.05) is 25.3 Å². The van der Waals surface area contributed by atoms with E-state index in [0.717, 1.165) is 31.7 Å². The van der Waals surface area contributed by atoms with Gasteiger partial charge in [0.2, 0.25) is 0 Å². The van der Waals surface area contributed by atoms with Crippen LogP contribution in [0.3, 0.4) is 0 Å². The molecule has 0 bridgehead atoms. The molecule has 0 radical (unpaired) electrons. The first-order chi connectivity index (χ1) is 8.63. The molecule has 2 heterocycles. The molecule has 1 aliphatic heterocycles. The molecule has 1 unspecified atom stereocenters. The molecule has 0 spiro atoms. The van der Waals surface area contributed by atoms with E-state index in [-0.39, 0.29) is 0 Å². The molecule has 2 N–H and O–H groups in total. The molecular weight excluding hydrogens is 226 g/mol. The van der Waals surface area contributed by atoms with E-state index >= 15 is 0 Å². The Morgan fingerprint density at radius 2 is 2.39 bits per heavy atom. The third-order valence-electron chi connectivity index (χ3n) is 3.31. The Kier molecular flexibility index (Phi) is 3.68. The maximum Gasteiger partial charge on any atom is 0.153 e. The molecule has 96 valence electrons. The zero-order valence-corrected chi connectivity index (χ0v) is 10.9. The predicted molar refractivity (Wildman–Crippen MR) is 72.3 cm³/mol. The number of hydrogen-bond acceptors (Lipinski definition) is 5. The molecule has 5 heteroatoms. The average molecular weight is 245 g/mol. The van der Waals surface area contributed by atoms with Gasteiger partial charge in [0.05, 0.1) is 11.3 Å². The van der Waals surface area contributed by atoms with Gasteiger partial charge >= 0.3 is 0 Å². The quantitative estimate of drug-likeness (QED) is 0.862. The Morgan fingerprint density at radius 3 is 3.06 bits per heavy atom. The molecule has 1 atom stereocenters. The number of nitrogens with zero attached hydrogens (tertiary/aromatic N) is 4. The van der Waals surface area contributed by atoms with Crippen molar-refractivity contribution in [2.45, 2.75) is 18.9 Å². The van der Waals surface area contributed by atoms with Gasteiger partial charge in [0.1, 0.15) is 6.07 Å². The summed E-state index contributed by atoms with van der Waals surface area (Å²) in [5, 5.41) is 9.01. The van der Waals surface area contributed by atoms with Crippen LogP contribution in [0.4, 0.5) is 11.5 Å². The maximum absolute atomic E-state index is 9.01. The van der Waals surface area contributed by atoms with Crippen LogP contribution < -0.4 is 10.6 Å². The molecule has 5 nitrogen and oxygen atoms in total. The van der Waals surface area contributed by atoms with E-state index in [2.05, 4.69) is 34.9 Å². The number of pyridine rings is 1. The smallest absolute Gasteiger partial charge is 0.153 e. The Hall–Kier alpha value is -1.80. The largest absolute Gasteiger partial charge is 0.395 e. The SMILES string of the molecule is CN(C)CC1CCCN1c1nccc(C#N)c1N. The van der Waals surface area contributed by atoms with Crippen LogP contribution in [0.25, 0.3) is 0 Å². The molecule has 1 fully saturated rings. The fourth-order valence-electron chi connectivity index (χ4n) is 2.51. The second-order valence-corrected chi connectivity index (χ2v) is 4.96. The Morgan fingerprint density at radius 1 is 1.61 bits per heavy atom. The number of hydrogen-bond donors (Lipinski definition) is 1. The minimum atomic E-state index is 0.434. The third kappa shape index (κ3) is 2.39. The van der Waals surface area contributed by atoms with Gasteiger partial charge in [-0.3, -0.25) is 0 Å². The topological polar surface area (TPSA) is 69.2 Å². The van der Waals surface area contributed by atoms with Crippen molar-refractivity contribution in [3.8, 4) is 6.07 Å². The summed E-state index contributed by atoms with van der Waals surface area (Å²) in [4.78, 5) is 8.76. The second kappa shape index (κ2) is 5.23. The lowest BCUT2D eigenvalue weighted by atomic mass is 10.2. The van der Waals surface area contributed by atoms with E-state index in [1.165, 1.54) is 0 Å². The van der Waals surface area contributed by atoms with Gasteiger partial charge in [0.15, 0.2) is 5.82 Å². The molecular formula is C13H19N5. The Balaban J connectivity index is 2.28. The number of nitriles is 1. The number of likely N-dealkylation sites (N-methyl/N-ethyl adjacent to an activating group) is 1. The number of aromatic nitrogens is 1. The Labute approximate surface area is 108 Å². The van der Waals surface area contributed by atoms with Gasteiger partial charge in [-0.2, -0.15) is 5.26 Å². The van der Waals surface area contributed by atoms with Crippen LogP contribution in [-0.4, -0.2) is 43.1 Å². The van der Waals surface area contributed by atoms with E-state index in [4.69, 9.17) is 11.0 Å². The molecule has 2 rings (SSSR count). The standard InChI is InChI=1S/C13H19N5/c1-17(2)9-11-4-3-7-18(11)13-12(15)10(8-14)5-6-16-13/h5-6,11H,3-4,7,9,15H2,1-2H3. The van der Waals surface area contributed by atoms with Crippen LogP contribution in [0.5, 0.6) is 0 Å². The summed E-state index contributed by atoms with van der Waals surface area (Å²) in [5.41, 5.74) is 7.04. The lowest BCUT2D eigenvalue weighted by molar-refractivity contribution is 0.371. The summed E-state index contributed by atoms with van der Waals surface area (Å²) in [6.07, 6.45) is 3.96. The minimum absolute atomic E-state index is 0.434. The minimum Gasteiger partial charge on any atom is -0.395 e. The number of nitrogen functional groups attached to an aromatic ring is 1. The molecule has 0 amide bonds. The lowest BCUT2D eigenvalue weighted by Crippen LogP contribution is -2.38. The summed E-state index contributed by atoms with van der Waals surface area (Å²) < 4.78 is 0.